The van der Waals surface area contributed by atoms with E-state index >= 15 is 0 Å². The average Bonchev–Trinajstić information content (AvgIpc) is 2.91. The molecule has 148 valence electrons. The minimum absolute atomic E-state index is 0.201. The first-order valence-corrected chi connectivity index (χ1v) is 7.94. The number of amides is 3. The molecule has 0 aliphatic carbocycles. The molecule has 1 aromatic carbocycles. The molecule has 28 heavy (non-hydrogen) atoms. The predicted molar refractivity (Wildman–Crippen MR) is 88.4 cm³/mol. The number of imide groups is 1. The van der Waals surface area contributed by atoms with Gasteiger partial charge in [0, 0.05) is 24.8 Å². The zero-order chi connectivity index (χ0) is 20.7. The van der Waals surface area contributed by atoms with Crippen LogP contribution in [0.1, 0.15) is 12.0 Å². The Hall–Kier alpha value is -3.44. The van der Waals surface area contributed by atoms with Crippen LogP contribution in [0.15, 0.2) is 24.5 Å². The lowest BCUT2D eigenvalue weighted by molar-refractivity contribution is -0.213. The van der Waals surface area contributed by atoms with Gasteiger partial charge in [0.25, 0.3) is 5.91 Å². The lowest BCUT2D eigenvalue weighted by Crippen LogP contribution is -2.50. The van der Waals surface area contributed by atoms with Crippen LogP contribution in [0.3, 0.4) is 0 Å². The molecule has 1 aliphatic rings. The molecule has 0 spiro atoms. The van der Waals surface area contributed by atoms with Crippen LogP contribution >= 0.6 is 0 Å². The standard InChI is InChI=1S/C16H14F3N5O4/c17-16(18,19)13(26)28-15(3-4-24(12(15)25)14(21)27)6-8-1-2-9-10(5-8)22-7-23-11(9)20/h1-2,5,7H,3-4,6H2,(H2,21,27)(H2,20,22,23)/t15-/m1/s1. The number of aromatic nitrogens is 2. The number of esters is 1. The predicted octanol–water partition coefficient (Wildman–Crippen LogP) is 0.910. The smallest absolute Gasteiger partial charge is 0.442 e. The summed E-state index contributed by atoms with van der Waals surface area (Å²) in [4.78, 5) is 43.8. The van der Waals surface area contributed by atoms with Gasteiger partial charge < -0.3 is 16.2 Å². The highest BCUT2D eigenvalue weighted by atomic mass is 19.4. The van der Waals surface area contributed by atoms with Crippen LogP contribution in [0.4, 0.5) is 23.8 Å². The van der Waals surface area contributed by atoms with Crippen LogP contribution < -0.4 is 11.5 Å². The Labute approximate surface area is 155 Å². The number of alkyl halides is 3. The molecular formula is C16H14F3N5O4. The lowest BCUT2D eigenvalue weighted by atomic mass is 9.92. The molecule has 3 amide bonds. The maximum atomic E-state index is 12.7. The Morgan fingerprint density at radius 1 is 1.29 bits per heavy atom. The number of fused-ring (bicyclic) bond motifs is 1. The second kappa shape index (κ2) is 6.62. The van der Waals surface area contributed by atoms with Crippen LogP contribution in [0.25, 0.3) is 10.9 Å². The van der Waals surface area contributed by atoms with Crippen LogP contribution in [0.5, 0.6) is 0 Å². The number of benzene rings is 1. The zero-order valence-corrected chi connectivity index (χ0v) is 14.2. The second-order valence-electron chi connectivity index (χ2n) is 6.21. The van der Waals surface area contributed by atoms with E-state index in [1.165, 1.54) is 24.5 Å². The number of rotatable bonds is 3. The number of urea groups is 1. The third kappa shape index (κ3) is 3.40. The third-order valence-electron chi connectivity index (χ3n) is 4.38. The molecule has 1 saturated heterocycles. The van der Waals surface area contributed by atoms with Gasteiger partial charge in [0.1, 0.15) is 12.1 Å². The summed E-state index contributed by atoms with van der Waals surface area (Å²) in [5.74, 6) is -3.44. The number of nitrogens with two attached hydrogens (primary N) is 2. The van der Waals surface area contributed by atoms with E-state index in [4.69, 9.17) is 11.5 Å². The van der Waals surface area contributed by atoms with Crippen LogP contribution in [0, 0.1) is 0 Å². The maximum absolute atomic E-state index is 12.7. The molecule has 1 aliphatic heterocycles. The van der Waals surface area contributed by atoms with Crippen molar-refractivity contribution in [3.8, 4) is 0 Å². The van der Waals surface area contributed by atoms with Crippen molar-refractivity contribution in [2.75, 3.05) is 12.3 Å². The van der Waals surface area contributed by atoms with E-state index in [1.54, 1.807) is 0 Å². The molecule has 12 heteroatoms. The van der Waals surface area contributed by atoms with Crippen molar-refractivity contribution in [1.29, 1.82) is 0 Å². The van der Waals surface area contributed by atoms with Crippen LogP contribution in [-0.2, 0) is 20.7 Å². The minimum atomic E-state index is -5.31. The normalized spacial score (nSPS) is 19.8. The van der Waals surface area contributed by atoms with E-state index in [-0.39, 0.29) is 18.8 Å². The fourth-order valence-corrected chi connectivity index (χ4v) is 3.05. The molecule has 3 rings (SSSR count). The van der Waals surface area contributed by atoms with Gasteiger partial charge in [0.2, 0.25) is 0 Å². The Kier molecular flexibility index (Phi) is 4.57. The fraction of sp³-hybridized carbons (Fsp3) is 0.312. The number of halogens is 3. The summed E-state index contributed by atoms with van der Waals surface area (Å²) in [6.07, 6.45) is -4.84. The largest absolute Gasteiger partial charge is 0.490 e. The highest BCUT2D eigenvalue weighted by Crippen LogP contribution is 2.34. The van der Waals surface area contributed by atoms with Gasteiger partial charge >= 0.3 is 18.2 Å². The van der Waals surface area contributed by atoms with Crippen molar-refractivity contribution in [3.63, 3.8) is 0 Å². The summed E-state index contributed by atoms with van der Waals surface area (Å²) in [5.41, 5.74) is 9.33. The molecule has 2 aromatic rings. The summed E-state index contributed by atoms with van der Waals surface area (Å²) in [6, 6.07) is 3.36. The van der Waals surface area contributed by atoms with Gasteiger partial charge in [-0.25, -0.2) is 19.6 Å². The van der Waals surface area contributed by atoms with Gasteiger partial charge in [-0.3, -0.25) is 9.69 Å². The molecular weight excluding hydrogens is 383 g/mol. The quantitative estimate of drug-likeness (QED) is 0.733. The molecule has 1 aromatic heterocycles. The highest BCUT2D eigenvalue weighted by molar-refractivity contribution is 6.01. The van der Waals surface area contributed by atoms with Gasteiger partial charge in [-0.05, 0) is 17.7 Å². The number of ether oxygens (including phenoxy) is 1. The molecule has 0 radical (unpaired) electrons. The summed E-state index contributed by atoms with van der Waals surface area (Å²) < 4.78 is 42.8. The summed E-state index contributed by atoms with van der Waals surface area (Å²) >= 11 is 0. The summed E-state index contributed by atoms with van der Waals surface area (Å²) in [7, 11) is 0. The SMILES string of the molecule is NC(=O)N1CC[C@](Cc2ccc3c(N)ncnc3c2)(OC(=O)C(F)(F)F)C1=O. The molecule has 0 bridgehead atoms. The zero-order valence-electron chi connectivity index (χ0n) is 14.2. The number of hydrogen-bond donors (Lipinski definition) is 2. The van der Waals surface area contributed by atoms with E-state index in [0.29, 0.717) is 21.4 Å². The van der Waals surface area contributed by atoms with Crippen LogP contribution in [-0.4, -0.2) is 51.1 Å². The van der Waals surface area contributed by atoms with Gasteiger partial charge in [0.15, 0.2) is 5.60 Å². The van der Waals surface area contributed by atoms with Gasteiger partial charge in [-0.2, -0.15) is 13.2 Å². The van der Waals surface area contributed by atoms with Crippen molar-refractivity contribution in [2.24, 2.45) is 5.73 Å². The van der Waals surface area contributed by atoms with Crippen molar-refractivity contribution < 1.29 is 32.3 Å². The number of anilines is 1. The van der Waals surface area contributed by atoms with Crippen molar-refractivity contribution in [3.05, 3.63) is 30.1 Å². The first-order chi connectivity index (χ1) is 13.0. The van der Waals surface area contributed by atoms with E-state index in [0.717, 1.165) is 0 Å². The summed E-state index contributed by atoms with van der Waals surface area (Å²) in [5, 5.41) is 0.504. The molecule has 2 heterocycles. The van der Waals surface area contributed by atoms with E-state index in [9.17, 15) is 27.6 Å². The molecule has 0 saturated carbocycles. The number of primary amides is 1. The average molecular weight is 397 g/mol. The first kappa shape index (κ1) is 19.3. The topological polar surface area (TPSA) is 142 Å². The number of nitrogen functional groups attached to an aromatic ring is 1. The molecule has 0 unspecified atom stereocenters. The number of carbonyl (C=O) groups is 3. The van der Waals surface area contributed by atoms with Crippen molar-refractivity contribution >= 4 is 34.6 Å². The molecule has 4 N–H and O–H groups in total. The number of carbonyl (C=O) groups excluding carboxylic acids is 3. The first-order valence-electron chi connectivity index (χ1n) is 7.94. The van der Waals surface area contributed by atoms with Gasteiger partial charge in [-0.1, -0.05) is 6.07 Å². The van der Waals surface area contributed by atoms with Crippen molar-refractivity contribution in [2.45, 2.75) is 24.6 Å². The van der Waals surface area contributed by atoms with Crippen molar-refractivity contribution in [1.82, 2.24) is 14.9 Å². The number of likely N-dealkylation sites (tertiary alicyclic amines) is 1. The lowest BCUT2D eigenvalue weighted by Gasteiger charge is -2.28. The van der Waals surface area contributed by atoms with Gasteiger partial charge in [0.05, 0.1) is 5.52 Å². The Morgan fingerprint density at radius 2 is 2.00 bits per heavy atom. The Morgan fingerprint density at radius 3 is 2.61 bits per heavy atom. The number of hydrogen-bond acceptors (Lipinski definition) is 7. The van der Waals surface area contributed by atoms with Gasteiger partial charge in [-0.15, -0.1) is 0 Å². The third-order valence-corrected chi connectivity index (χ3v) is 4.38. The molecule has 1 fully saturated rings. The van der Waals surface area contributed by atoms with E-state index in [1.807, 2.05) is 0 Å². The van der Waals surface area contributed by atoms with E-state index in [2.05, 4.69) is 14.7 Å². The Balaban J connectivity index is 1.99. The number of nitrogens with zero attached hydrogens (tertiary/aromatic N) is 3. The fourth-order valence-electron chi connectivity index (χ4n) is 3.05. The molecule has 9 nitrogen and oxygen atoms in total. The second-order valence-corrected chi connectivity index (χ2v) is 6.21. The Bertz CT molecular complexity index is 980. The maximum Gasteiger partial charge on any atom is 0.490 e. The van der Waals surface area contributed by atoms with E-state index < -0.39 is 36.1 Å². The molecule has 1 atom stereocenters. The minimum Gasteiger partial charge on any atom is -0.442 e. The highest BCUT2D eigenvalue weighted by Gasteiger charge is 2.55. The monoisotopic (exact) mass is 397 g/mol. The summed E-state index contributed by atoms with van der Waals surface area (Å²) in [6.45, 7) is -0.276. The van der Waals surface area contributed by atoms with Crippen LogP contribution in [0.2, 0.25) is 0 Å².